The Hall–Kier alpha value is 0.410. The van der Waals surface area contributed by atoms with E-state index in [0.717, 1.165) is 32.0 Å². The molecule has 2 heterocycles. The smallest absolute Gasteiger partial charge is 0.208 e. The minimum absolute atomic E-state index is 0. The van der Waals surface area contributed by atoms with Crippen LogP contribution in [-0.2, 0) is 10.0 Å². The molecule has 2 N–H and O–H groups in total. The molecule has 5 nitrogen and oxygen atoms in total. The molecule has 1 saturated carbocycles. The summed E-state index contributed by atoms with van der Waals surface area (Å²) >= 11 is 0. The summed E-state index contributed by atoms with van der Waals surface area (Å²) in [5.74, 6) is 0. The third-order valence-corrected chi connectivity index (χ3v) is 6.87. The summed E-state index contributed by atoms with van der Waals surface area (Å²) in [5.41, 5.74) is 0.637. The normalized spacial score (nSPS) is 26.5. The first-order valence-corrected chi connectivity index (χ1v) is 10.8. The van der Waals surface area contributed by atoms with Crippen LogP contribution in [0.15, 0.2) is 0 Å². The first-order valence-electron chi connectivity index (χ1n) is 8.88. The van der Waals surface area contributed by atoms with Crippen molar-refractivity contribution in [3.8, 4) is 0 Å². The van der Waals surface area contributed by atoms with Crippen LogP contribution >= 0.6 is 24.8 Å². The van der Waals surface area contributed by atoms with Crippen molar-refractivity contribution in [1.29, 1.82) is 0 Å². The van der Waals surface area contributed by atoms with Gasteiger partial charge in [-0.15, -0.1) is 24.8 Å². The predicted molar refractivity (Wildman–Crippen MR) is 104 cm³/mol. The standard InChI is InChI=1S/C16H31N3O2S.2ClH/c1-22(20,21)18-14-4-12-19(13-5-14)15-2-6-16(7-3-15)8-10-17-11-9-16;;/h14-15,17-18H,2-13H2,1H3;2*1H. The Morgan fingerprint density at radius 2 is 1.50 bits per heavy atom. The molecule has 0 bridgehead atoms. The minimum Gasteiger partial charge on any atom is -0.317 e. The summed E-state index contributed by atoms with van der Waals surface area (Å²) in [6.45, 7) is 4.50. The van der Waals surface area contributed by atoms with Gasteiger partial charge in [0.05, 0.1) is 6.26 Å². The quantitative estimate of drug-likeness (QED) is 0.760. The number of piperidine rings is 2. The number of hydrogen-bond donors (Lipinski definition) is 2. The van der Waals surface area contributed by atoms with Gasteiger partial charge in [0, 0.05) is 12.1 Å². The topological polar surface area (TPSA) is 61.4 Å². The van der Waals surface area contributed by atoms with Gasteiger partial charge in [-0.3, -0.25) is 0 Å². The monoisotopic (exact) mass is 401 g/mol. The van der Waals surface area contributed by atoms with Crippen molar-refractivity contribution in [2.75, 3.05) is 32.4 Å². The van der Waals surface area contributed by atoms with Crippen molar-refractivity contribution in [2.24, 2.45) is 5.41 Å². The number of likely N-dealkylation sites (tertiary alicyclic amines) is 1. The maximum atomic E-state index is 11.3. The molecule has 1 spiro atoms. The van der Waals surface area contributed by atoms with Crippen molar-refractivity contribution in [1.82, 2.24) is 14.9 Å². The maximum Gasteiger partial charge on any atom is 0.208 e. The van der Waals surface area contributed by atoms with Crippen LogP contribution in [0, 0.1) is 5.41 Å². The molecule has 2 saturated heterocycles. The van der Waals surface area contributed by atoms with Gasteiger partial charge < -0.3 is 10.2 Å². The molecule has 144 valence electrons. The van der Waals surface area contributed by atoms with Crippen molar-refractivity contribution in [3.05, 3.63) is 0 Å². The molecule has 3 fully saturated rings. The first kappa shape index (κ1) is 22.5. The van der Waals surface area contributed by atoms with Crippen LogP contribution < -0.4 is 10.0 Å². The van der Waals surface area contributed by atoms with Gasteiger partial charge in [0.15, 0.2) is 0 Å². The fourth-order valence-corrected chi connectivity index (χ4v) is 5.56. The molecule has 8 heteroatoms. The highest BCUT2D eigenvalue weighted by Gasteiger charge is 2.38. The second kappa shape index (κ2) is 9.38. The van der Waals surface area contributed by atoms with Crippen LogP contribution in [0.25, 0.3) is 0 Å². The first-order chi connectivity index (χ1) is 10.5. The second-order valence-corrected chi connectivity index (χ2v) is 9.46. The number of rotatable bonds is 3. The highest BCUT2D eigenvalue weighted by Crippen LogP contribution is 2.44. The zero-order valence-corrected chi connectivity index (χ0v) is 17.1. The van der Waals surface area contributed by atoms with E-state index in [0.29, 0.717) is 5.41 Å². The van der Waals surface area contributed by atoms with Crippen molar-refractivity contribution < 1.29 is 8.42 Å². The van der Waals surface area contributed by atoms with Crippen LogP contribution in [0.3, 0.4) is 0 Å². The van der Waals surface area contributed by atoms with Crippen LogP contribution in [0.5, 0.6) is 0 Å². The van der Waals surface area contributed by atoms with Gasteiger partial charge in [-0.2, -0.15) is 0 Å². The third kappa shape index (κ3) is 5.99. The van der Waals surface area contributed by atoms with Crippen molar-refractivity contribution in [3.63, 3.8) is 0 Å². The van der Waals surface area contributed by atoms with E-state index in [2.05, 4.69) is 14.9 Å². The molecule has 24 heavy (non-hydrogen) atoms. The lowest BCUT2D eigenvalue weighted by molar-refractivity contribution is 0.0528. The van der Waals surface area contributed by atoms with E-state index in [-0.39, 0.29) is 30.9 Å². The van der Waals surface area contributed by atoms with Gasteiger partial charge in [-0.25, -0.2) is 13.1 Å². The average Bonchev–Trinajstić information content (AvgIpc) is 2.48. The van der Waals surface area contributed by atoms with E-state index in [1.807, 2.05) is 0 Å². The van der Waals surface area contributed by atoms with E-state index < -0.39 is 10.0 Å². The third-order valence-electron chi connectivity index (χ3n) is 6.11. The SMILES string of the molecule is CS(=O)(=O)NC1CCN(C2CCC3(CCNCC3)CC2)CC1.Cl.Cl. The maximum absolute atomic E-state index is 11.3. The number of hydrogen-bond acceptors (Lipinski definition) is 4. The molecule has 3 aliphatic rings. The van der Waals surface area contributed by atoms with E-state index in [4.69, 9.17) is 0 Å². The van der Waals surface area contributed by atoms with Gasteiger partial charge in [-0.05, 0) is 83.0 Å². The molecule has 0 amide bonds. The van der Waals surface area contributed by atoms with E-state index in [9.17, 15) is 8.42 Å². The highest BCUT2D eigenvalue weighted by atomic mass is 35.5. The zero-order valence-electron chi connectivity index (χ0n) is 14.6. The number of halogens is 2. The lowest BCUT2D eigenvalue weighted by Crippen LogP contribution is -2.50. The number of nitrogens with one attached hydrogen (secondary N) is 2. The number of nitrogens with zero attached hydrogens (tertiary/aromatic N) is 1. The van der Waals surface area contributed by atoms with Gasteiger partial charge in [0.25, 0.3) is 0 Å². The van der Waals surface area contributed by atoms with Gasteiger partial charge in [0.2, 0.25) is 10.0 Å². The molecular formula is C16H33Cl2N3O2S. The molecule has 1 aliphatic carbocycles. The molecule has 3 rings (SSSR count). The van der Waals surface area contributed by atoms with E-state index >= 15 is 0 Å². The van der Waals surface area contributed by atoms with Gasteiger partial charge >= 0.3 is 0 Å². The summed E-state index contributed by atoms with van der Waals surface area (Å²) in [7, 11) is -3.06. The Labute approximate surface area is 159 Å². The van der Waals surface area contributed by atoms with Crippen molar-refractivity contribution in [2.45, 2.75) is 63.5 Å². The van der Waals surface area contributed by atoms with E-state index in [1.54, 1.807) is 0 Å². The fraction of sp³-hybridized carbons (Fsp3) is 1.00. The van der Waals surface area contributed by atoms with Gasteiger partial charge in [0.1, 0.15) is 0 Å². The van der Waals surface area contributed by atoms with Gasteiger partial charge in [-0.1, -0.05) is 0 Å². The van der Waals surface area contributed by atoms with Crippen molar-refractivity contribution >= 4 is 34.8 Å². The van der Waals surface area contributed by atoms with E-state index in [1.165, 1.54) is 57.9 Å². The molecule has 0 atom stereocenters. The largest absolute Gasteiger partial charge is 0.317 e. The molecule has 0 aromatic rings. The molecule has 0 unspecified atom stereocenters. The minimum atomic E-state index is -3.06. The molecular weight excluding hydrogens is 369 g/mol. The Kier molecular flexibility index (Phi) is 8.77. The lowest BCUT2D eigenvalue weighted by Gasteiger charge is -2.47. The summed E-state index contributed by atoms with van der Waals surface area (Å²) in [5, 5.41) is 3.49. The lowest BCUT2D eigenvalue weighted by atomic mass is 9.67. The zero-order chi connectivity index (χ0) is 15.6. The molecule has 0 aromatic heterocycles. The second-order valence-electron chi connectivity index (χ2n) is 7.68. The predicted octanol–water partition coefficient (Wildman–Crippen LogP) is 2.16. The van der Waals surface area contributed by atoms with Crippen LogP contribution in [0.2, 0.25) is 0 Å². The summed E-state index contributed by atoms with van der Waals surface area (Å²) in [4.78, 5) is 2.62. The Balaban J connectivity index is 0.00000144. The summed E-state index contributed by atoms with van der Waals surface area (Å²) in [6.07, 6.45) is 11.4. The summed E-state index contributed by atoms with van der Waals surface area (Å²) < 4.78 is 25.4. The van der Waals surface area contributed by atoms with Crippen LogP contribution in [0.1, 0.15) is 51.4 Å². The molecule has 2 aliphatic heterocycles. The average molecular weight is 402 g/mol. The Bertz CT molecular complexity index is 466. The Morgan fingerprint density at radius 3 is 2.00 bits per heavy atom. The fourth-order valence-electron chi connectivity index (χ4n) is 4.72. The van der Waals surface area contributed by atoms with Crippen LogP contribution in [0.4, 0.5) is 0 Å². The van der Waals surface area contributed by atoms with Crippen LogP contribution in [-0.4, -0.2) is 57.8 Å². The molecule has 0 radical (unpaired) electrons. The Morgan fingerprint density at radius 1 is 0.958 bits per heavy atom. The number of sulfonamides is 1. The summed E-state index contributed by atoms with van der Waals surface area (Å²) in [6, 6.07) is 0.880. The highest BCUT2D eigenvalue weighted by molar-refractivity contribution is 7.88. The molecule has 0 aromatic carbocycles.